The number of ether oxygens (including phenoxy) is 1. The fraction of sp³-hybridized carbons (Fsp3) is 0.462. The van der Waals surface area contributed by atoms with Crippen LogP contribution in [0.5, 0.6) is 0 Å². The molecule has 16 heavy (non-hydrogen) atoms. The lowest BCUT2D eigenvalue weighted by Gasteiger charge is -2.09. The molecule has 0 aliphatic heterocycles. The Morgan fingerprint density at radius 2 is 2.19 bits per heavy atom. The molecule has 0 atom stereocenters. The molecule has 0 amide bonds. The molecule has 0 aromatic heterocycles. The molecular formula is C13H19NO2. The van der Waals surface area contributed by atoms with Crippen LogP contribution in [0.3, 0.4) is 0 Å². The second-order valence-corrected chi connectivity index (χ2v) is 3.94. The first-order valence-corrected chi connectivity index (χ1v) is 5.63. The summed E-state index contributed by atoms with van der Waals surface area (Å²) in [6.45, 7) is 6.73. The van der Waals surface area contributed by atoms with Crippen molar-refractivity contribution in [2.75, 3.05) is 18.5 Å². The first kappa shape index (κ1) is 12.6. The molecule has 3 heteroatoms. The summed E-state index contributed by atoms with van der Waals surface area (Å²) < 4.78 is 4.84. The van der Waals surface area contributed by atoms with Crippen molar-refractivity contribution < 1.29 is 9.53 Å². The molecular weight excluding hydrogens is 202 g/mol. The van der Waals surface area contributed by atoms with E-state index in [0.29, 0.717) is 12.5 Å². The van der Waals surface area contributed by atoms with E-state index in [0.717, 1.165) is 5.69 Å². The Morgan fingerprint density at radius 1 is 1.44 bits per heavy atom. The number of anilines is 1. The van der Waals surface area contributed by atoms with Crippen molar-refractivity contribution in [3.63, 3.8) is 0 Å². The molecule has 0 heterocycles. The zero-order valence-corrected chi connectivity index (χ0v) is 10.1. The molecule has 0 fully saturated rings. The number of benzene rings is 1. The van der Waals surface area contributed by atoms with Gasteiger partial charge in [0.2, 0.25) is 0 Å². The highest BCUT2D eigenvalue weighted by molar-refractivity contribution is 5.75. The van der Waals surface area contributed by atoms with Gasteiger partial charge in [-0.15, -0.1) is 0 Å². The van der Waals surface area contributed by atoms with E-state index in [-0.39, 0.29) is 12.5 Å². The molecule has 88 valence electrons. The van der Waals surface area contributed by atoms with Crippen LogP contribution in [0.25, 0.3) is 0 Å². The van der Waals surface area contributed by atoms with Gasteiger partial charge in [-0.25, -0.2) is 0 Å². The standard InChI is InChI=1S/C13H19NO2/c1-4-16-13(15)9-14-12-7-5-6-11(8-12)10(2)3/h5-8,10,14H,4,9H2,1-3H3. The summed E-state index contributed by atoms with van der Waals surface area (Å²) >= 11 is 0. The Bertz CT molecular complexity index is 348. The van der Waals surface area contributed by atoms with E-state index >= 15 is 0 Å². The highest BCUT2D eigenvalue weighted by atomic mass is 16.5. The summed E-state index contributed by atoms with van der Waals surface area (Å²) in [6.07, 6.45) is 0. The van der Waals surface area contributed by atoms with E-state index in [4.69, 9.17) is 4.74 Å². The van der Waals surface area contributed by atoms with Gasteiger partial charge in [-0.05, 0) is 30.5 Å². The third-order valence-electron chi connectivity index (χ3n) is 2.30. The zero-order chi connectivity index (χ0) is 12.0. The summed E-state index contributed by atoms with van der Waals surface area (Å²) in [5.41, 5.74) is 2.22. The van der Waals surface area contributed by atoms with Crippen LogP contribution in [-0.2, 0) is 9.53 Å². The smallest absolute Gasteiger partial charge is 0.325 e. The van der Waals surface area contributed by atoms with Crippen LogP contribution in [0.2, 0.25) is 0 Å². The minimum Gasteiger partial charge on any atom is -0.465 e. The number of carbonyl (C=O) groups is 1. The molecule has 1 aromatic rings. The monoisotopic (exact) mass is 221 g/mol. The Morgan fingerprint density at radius 3 is 2.81 bits per heavy atom. The van der Waals surface area contributed by atoms with E-state index in [9.17, 15) is 4.79 Å². The van der Waals surface area contributed by atoms with Crippen LogP contribution >= 0.6 is 0 Å². The number of esters is 1. The molecule has 1 aromatic carbocycles. The zero-order valence-electron chi connectivity index (χ0n) is 10.1. The Kier molecular flexibility index (Phi) is 4.83. The molecule has 0 spiro atoms. The molecule has 1 N–H and O–H groups in total. The van der Waals surface area contributed by atoms with E-state index in [2.05, 4.69) is 31.3 Å². The van der Waals surface area contributed by atoms with Crippen LogP contribution in [0.15, 0.2) is 24.3 Å². The largest absolute Gasteiger partial charge is 0.465 e. The second-order valence-electron chi connectivity index (χ2n) is 3.94. The number of hydrogen-bond donors (Lipinski definition) is 1. The third-order valence-corrected chi connectivity index (χ3v) is 2.30. The maximum absolute atomic E-state index is 11.2. The molecule has 0 aliphatic rings. The number of hydrogen-bond acceptors (Lipinski definition) is 3. The van der Waals surface area contributed by atoms with Crippen LogP contribution in [0.1, 0.15) is 32.3 Å². The maximum atomic E-state index is 11.2. The third kappa shape index (κ3) is 3.93. The molecule has 0 bridgehead atoms. The first-order valence-electron chi connectivity index (χ1n) is 5.63. The predicted molar refractivity (Wildman–Crippen MR) is 65.7 cm³/mol. The van der Waals surface area contributed by atoms with E-state index in [1.807, 2.05) is 12.1 Å². The van der Waals surface area contributed by atoms with Crippen LogP contribution in [-0.4, -0.2) is 19.1 Å². The van der Waals surface area contributed by atoms with E-state index < -0.39 is 0 Å². The fourth-order valence-electron chi connectivity index (χ4n) is 1.39. The molecule has 0 radical (unpaired) electrons. The first-order chi connectivity index (χ1) is 7.63. The van der Waals surface area contributed by atoms with E-state index in [1.54, 1.807) is 6.92 Å². The molecule has 0 saturated heterocycles. The molecule has 0 unspecified atom stereocenters. The molecule has 0 saturated carbocycles. The topological polar surface area (TPSA) is 38.3 Å². The number of carbonyl (C=O) groups excluding carboxylic acids is 1. The lowest BCUT2D eigenvalue weighted by atomic mass is 10.0. The minimum absolute atomic E-state index is 0.218. The van der Waals surface area contributed by atoms with Gasteiger partial charge in [0.05, 0.1) is 6.61 Å². The van der Waals surface area contributed by atoms with Gasteiger partial charge >= 0.3 is 5.97 Å². The lowest BCUT2D eigenvalue weighted by Crippen LogP contribution is -2.16. The van der Waals surface area contributed by atoms with Crippen molar-refractivity contribution >= 4 is 11.7 Å². The van der Waals surface area contributed by atoms with E-state index in [1.165, 1.54) is 5.56 Å². The second kappa shape index (κ2) is 6.16. The SMILES string of the molecule is CCOC(=O)CNc1cccc(C(C)C)c1. The highest BCUT2D eigenvalue weighted by Gasteiger charge is 2.03. The Balaban J connectivity index is 2.54. The minimum atomic E-state index is -0.225. The van der Waals surface area contributed by atoms with Crippen molar-refractivity contribution in [3.05, 3.63) is 29.8 Å². The van der Waals surface area contributed by atoms with Gasteiger partial charge < -0.3 is 10.1 Å². The lowest BCUT2D eigenvalue weighted by molar-refractivity contribution is -0.140. The predicted octanol–water partition coefficient (Wildman–Crippen LogP) is 2.79. The Labute approximate surface area is 96.8 Å². The fourth-order valence-corrected chi connectivity index (χ4v) is 1.39. The van der Waals surface area contributed by atoms with Crippen molar-refractivity contribution in [2.24, 2.45) is 0 Å². The van der Waals surface area contributed by atoms with Gasteiger partial charge in [-0.3, -0.25) is 4.79 Å². The average molecular weight is 221 g/mol. The summed E-state index contributed by atoms with van der Waals surface area (Å²) in [6, 6.07) is 8.08. The molecule has 0 aliphatic carbocycles. The molecule has 1 rings (SSSR count). The number of rotatable bonds is 5. The van der Waals surface area contributed by atoms with Gasteiger partial charge in [0, 0.05) is 5.69 Å². The van der Waals surface area contributed by atoms with Crippen LogP contribution < -0.4 is 5.32 Å². The normalized spacial score (nSPS) is 10.2. The van der Waals surface area contributed by atoms with Crippen LogP contribution in [0.4, 0.5) is 5.69 Å². The summed E-state index contributed by atoms with van der Waals surface area (Å²) in [7, 11) is 0. The van der Waals surface area contributed by atoms with Crippen molar-refractivity contribution in [1.29, 1.82) is 0 Å². The van der Waals surface area contributed by atoms with Gasteiger partial charge in [-0.2, -0.15) is 0 Å². The maximum Gasteiger partial charge on any atom is 0.325 e. The van der Waals surface area contributed by atoms with Crippen LogP contribution in [0, 0.1) is 0 Å². The van der Waals surface area contributed by atoms with Crippen molar-refractivity contribution in [1.82, 2.24) is 0 Å². The van der Waals surface area contributed by atoms with Gasteiger partial charge in [-0.1, -0.05) is 26.0 Å². The van der Waals surface area contributed by atoms with Crippen molar-refractivity contribution in [3.8, 4) is 0 Å². The summed E-state index contributed by atoms with van der Waals surface area (Å²) in [5, 5.41) is 3.05. The number of nitrogens with one attached hydrogen (secondary N) is 1. The van der Waals surface area contributed by atoms with Gasteiger partial charge in [0.15, 0.2) is 0 Å². The summed E-state index contributed by atoms with van der Waals surface area (Å²) in [4.78, 5) is 11.2. The van der Waals surface area contributed by atoms with Gasteiger partial charge in [0.25, 0.3) is 0 Å². The van der Waals surface area contributed by atoms with Crippen molar-refractivity contribution in [2.45, 2.75) is 26.7 Å². The summed E-state index contributed by atoms with van der Waals surface area (Å²) in [5.74, 6) is 0.266. The van der Waals surface area contributed by atoms with Gasteiger partial charge in [0.1, 0.15) is 6.54 Å². The average Bonchev–Trinajstić information content (AvgIpc) is 2.27. The highest BCUT2D eigenvalue weighted by Crippen LogP contribution is 2.18. The Hall–Kier alpha value is -1.51. The molecule has 3 nitrogen and oxygen atoms in total. The quantitative estimate of drug-likeness (QED) is 0.777.